The van der Waals surface area contributed by atoms with Crippen LogP contribution in [0, 0.1) is 0 Å². The molecule has 5 heteroatoms. The Morgan fingerprint density at radius 1 is 1.24 bits per heavy atom. The second-order valence-corrected chi connectivity index (χ2v) is 4.63. The Morgan fingerprint density at radius 2 is 2.05 bits per heavy atom. The Labute approximate surface area is 126 Å². The Morgan fingerprint density at radius 3 is 2.71 bits per heavy atom. The van der Waals surface area contributed by atoms with Gasteiger partial charge in [-0.05, 0) is 30.7 Å². The number of carbonyl (C=O) groups excluding carboxylic acids is 1. The number of hydrogen-bond acceptors (Lipinski definition) is 5. The molecule has 21 heavy (non-hydrogen) atoms. The Hall–Kier alpha value is -1.75. The number of carbonyl (C=O) groups is 1. The van der Waals surface area contributed by atoms with Crippen LogP contribution in [0.5, 0.6) is 11.5 Å². The van der Waals surface area contributed by atoms with Gasteiger partial charge in [0.15, 0.2) is 18.1 Å². The van der Waals surface area contributed by atoms with Gasteiger partial charge in [0.1, 0.15) is 0 Å². The van der Waals surface area contributed by atoms with E-state index < -0.39 is 0 Å². The van der Waals surface area contributed by atoms with E-state index in [1.54, 1.807) is 7.11 Å². The van der Waals surface area contributed by atoms with E-state index in [1.165, 1.54) is 0 Å². The predicted molar refractivity (Wildman–Crippen MR) is 81.7 cm³/mol. The van der Waals surface area contributed by atoms with E-state index >= 15 is 0 Å². The van der Waals surface area contributed by atoms with Crippen LogP contribution in [0.1, 0.15) is 32.3 Å². The summed E-state index contributed by atoms with van der Waals surface area (Å²) in [4.78, 5) is 11.5. The van der Waals surface area contributed by atoms with E-state index in [0.29, 0.717) is 18.1 Å². The van der Waals surface area contributed by atoms with Gasteiger partial charge in [-0.2, -0.15) is 0 Å². The summed E-state index contributed by atoms with van der Waals surface area (Å²) in [6.07, 6.45) is 1.86. The molecular formula is C16H25NO4. The maximum Gasteiger partial charge on any atom is 0.344 e. The molecule has 1 aromatic rings. The van der Waals surface area contributed by atoms with Crippen molar-refractivity contribution >= 4 is 5.97 Å². The van der Waals surface area contributed by atoms with Crippen LogP contribution in [-0.2, 0) is 16.1 Å². The predicted octanol–water partition coefficient (Wildman–Crippen LogP) is 2.53. The van der Waals surface area contributed by atoms with Gasteiger partial charge in [-0.25, -0.2) is 4.79 Å². The molecule has 0 spiro atoms. The Balaban J connectivity index is 2.56. The van der Waals surface area contributed by atoms with Crippen LogP contribution >= 0.6 is 0 Å². The SMILES string of the molecule is CCCCOC(=O)COc1cc(CNCC)ccc1OC. The van der Waals surface area contributed by atoms with Gasteiger partial charge in [0.25, 0.3) is 0 Å². The Kier molecular flexibility index (Phi) is 8.28. The number of hydrogen-bond donors (Lipinski definition) is 1. The number of nitrogens with one attached hydrogen (secondary N) is 1. The van der Waals surface area contributed by atoms with Crippen LogP contribution in [0.4, 0.5) is 0 Å². The first kappa shape index (κ1) is 17.3. The summed E-state index contributed by atoms with van der Waals surface area (Å²) in [6.45, 7) is 6.07. The van der Waals surface area contributed by atoms with E-state index in [0.717, 1.165) is 31.5 Å². The molecule has 0 unspecified atom stereocenters. The fourth-order valence-corrected chi connectivity index (χ4v) is 1.72. The summed E-state index contributed by atoms with van der Waals surface area (Å²) in [5.74, 6) is 0.805. The molecule has 1 aromatic carbocycles. The maximum absolute atomic E-state index is 11.5. The highest BCUT2D eigenvalue weighted by Crippen LogP contribution is 2.28. The third-order valence-electron chi connectivity index (χ3n) is 2.91. The van der Waals surface area contributed by atoms with E-state index in [2.05, 4.69) is 5.32 Å². The normalized spacial score (nSPS) is 10.2. The molecule has 0 bridgehead atoms. The summed E-state index contributed by atoms with van der Waals surface area (Å²) in [7, 11) is 1.58. The first-order chi connectivity index (χ1) is 10.2. The molecule has 0 aliphatic heterocycles. The Bertz CT molecular complexity index is 434. The third kappa shape index (κ3) is 6.49. The molecule has 0 aliphatic rings. The number of methoxy groups -OCH3 is 1. The summed E-state index contributed by atoms with van der Waals surface area (Å²) in [6, 6.07) is 5.68. The fourth-order valence-electron chi connectivity index (χ4n) is 1.72. The summed E-state index contributed by atoms with van der Waals surface area (Å²) >= 11 is 0. The lowest BCUT2D eigenvalue weighted by molar-refractivity contribution is -0.146. The monoisotopic (exact) mass is 295 g/mol. The lowest BCUT2D eigenvalue weighted by Gasteiger charge is -2.12. The quantitative estimate of drug-likeness (QED) is 0.531. The molecule has 0 atom stereocenters. The number of ether oxygens (including phenoxy) is 3. The zero-order valence-corrected chi connectivity index (χ0v) is 13.1. The van der Waals surface area contributed by atoms with Crippen molar-refractivity contribution in [3.05, 3.63) is 23.8 Å². The minimum Gasteiger partial charge on any atom is -0.493 e. The molecule has 5 nitrogen and oxygen atoms in total. The molecule has 0 saturated carbocycles. The molecule has 0 radical (unpaired) electrons. The lowest BCUT2D eigenvalue weighted by Crippen LogP contribution is -2.16. The van der Waals surface area contributed by atoms with E-state index in [9.17, 15) is 4.79 Å². The lowest BCUT2D eigenvalue weighted by atomic mass is 10.2. The standard InChI is InChI=1S/C16H25NO4/c1-4-6-9-20-16(18)12-21-15-10-13(11-17-5-2)7-8-14(15)19-3/h7-8,10,17H,4-6,9,11-12H2,1-3H3. The van der Waals surface area contributed by atoms with E-state index in [4.69, 9.17) is 14.2 Å². The average molecular weight is 295 g/mol. The van der Waals surface area contributed by atoms with Gasteiger partial charge in [0, 0.05) is 6.54 Å². The molecule has 1 rings (SSSR count). The summed E-state index contributed by atoms with van der Waals surface area (Å²) in [5.41, 5.74) is 1.08. The number of unbranched alkanes of at least 4 members (excludes halogenated alkanes) is 1. The van der Waals surface area contributed by atoms with Crippen LogP contribution in [0.25, 0.3) is 0 Å². The number of benzene rings is 1. The van der Waals surface area contributed by atoms with Gasteiger partial charge in [-0.3, -0.25) is 0 Å². The summed E-state index contributed by atoms with van der Waals surface area (Å²) < 4.78 is 15.8. The van der Waals surface area contributed by atoms with Crippen LogP contribution in [0.15, 0.2) is 18.2 Å². The van der Waals surface area contributed by atoms with Gasteiger partial charge in [-0.15, -0.1) is 0 Å². The van der Waals surface area contributed by atoms with E-state index in [1.807, 2.05) is 32.0 Å². The van der Waals surface area contributed by atoms with Gasteiger partial charge < -0.3 is 19.5 Å². The maximum atomic E-state index is 11.5. The van der Waals surface area contributed by atoms with Crippen LogP contribution in [0.3, 0.4) is 0 Å². The summed E-state index contributed by atoms with van der Waals surface area (Å²) in [5, 5.41) is 3.24. The zero-order valence-electron chi connectivity index (χ0n) is 13.1. The highest BCUT2D eigenvalue weighted by Gasteiger charge is 2.09. The van der Waals surface area contributed by atoms with Gasteiger partial charge >= 0.3 is 5.97 Å². The molecule has 0 fully saturated rings. The largest absolute Gasteiger partial charge is 0.493 e. The molecule has 0 amide bonds. The minimum atomic E-state index is -0.359. The van der Waals surface area contributed by atoms with Crippen molar-refractivity contribution in [2.45, 2.75) is 33.2 Å². The van der Waals surface area contributed by atoms with Crippen molar-refractivity contribution in [3.8, 4) is 11.5 Å². The average Bonchev–Trinajstić information content (AvgIpc) is 2.51. The van der Waals surface area contributed by atoms with Gasteiger partial charge in [0.2, 0.25) is 0 Å². The minimum absolute atomic E-state index is 0.106. The van der Waals surface area contributed by atoms with Crippen LogP contribution < -0.4 is 14.8 Å². The number of esters is 1. The first-order valence-corrected chi connectivity index (χ1v) is 7.37. The van der Waals surface area contributed by atoms with Gasteiger partial charge in [0.05, 0.1) is 13.7 Å². The van der Waals surface area contributed by atoms with Crippen molar-refractivity contribution in [2.75, 3.05) is 26.9 Å². The highest BCUT2D eigenvalue weighted by atomic mass is 16.6. The van der Waals surface area contributed by atoms with Crippen molar-refractivity contribution in [1.29, 1.82) is 0 Å². The zero-order chi connectivity index (χ0) is 15.5. The molecule has 0 heterocycles. The number of rotatable bonds is 10. The van der Waals surface area contributed by atoms with Crippen LogP contribution in [-0.4, -0.2) is 32.8 Å². The van der Waals surface area contributed by atoms with Crippen molar-refractivity contribution < 1.29 is 19.0 Å². The highest BCUT2D eigenvalue weighted by molar-refractivity contribution is 5.71. The van der Waals surface area contributed by atoms with Crippen molar-refractivity contribution in [1.82, 2.24) is 5.32 Å². The topological polar surface area (TPSA) is 56.8 Å². The smallest absolute Gasteiger partial charge is 0.344 e. The fraction of sp³-hybridized carbons (Fsp3) is 0.562. The van der Waals surface area contributed by atoms with Gasteiger partial charge in [-0.1, -0.05) is 26.3 Å². The third-order valence-corrected chi connectivity index (χ3v) is 2.91. The molecule has 118 valence electrons. The van der Waals surface area contributed by atoms with Crippen molar-refractivity contribution in [2.24, 2.45) is 0 Å². The molecular weight excluding hydrogens is 270 g/mol. The second-order valence-electron chi connectivity index (χ2n) is 4.63. The second kappa shape index (κ2) is 10.0. The molecule has 0 aromatic heterocycles. The molecule has 0 saturated heterocycles. The molecule has 0 aliphatic carbocycles. The van der Waals surface area contributed by atoms with Crippen LogP contribution in [0.2, 0.25) is 0 Å². The van der Waals surface area contributed by atoms with E-state index in [-0.39, 0.29) is 12.6 Å². The molecule has 1 N–H and O–H groups in total. The van der Waals surface area contributed by atoms with Crippen molar-refractivity contribution in [3.63, 3.8) is 0 Å². The first-order valence-electron chi connectivity index (χ1n) is 7.37.